The molecule has 0 heterocycles. The molecule has 3 aromatic rings. The summed E-state index contributed by atoms with van der Waals surface area (Å²) in [4.78, 5) is 15.5. The van der Waals surface area contributed by atoms with Gasteiger partial charge in [0.1, 0.15) is 0 Å². The van der Waals surface area contributed by atoms with E-state index >= 15 is 0 Å². The fraction of sp³-hybridized carbons (Fsp3) is 0.367. The fourth-order valence-electron chi connectivity index (χ4n) is 4.90. The molecule has 1 aliphatic carbocycles. The van der Waals surface area contributed by atoms with Gasteiger partial charge in [-0.1, -0.05) is 0 Å². The maximum absolute atomic E-state index is 12.7. The van der Waals surface area contributed by atoms with Crippen LogP contribution in [0.25, 0.3) is 11.1 Å². The third kappa shape index (κ3) is 7.34. The average molecular weight is 582 g/mol. The van der Waals surface area contributed by atoms with Crippen LogP contribution in [0.1, 0.15) is 40.7 Å². The molecular weight excluding hydrogens is 545 g/mol. The number of fused-ring (bicyclic) bond motifs is 1. The summed E-state index contributed by atoms with van der Waals surface area (Å²) < 4.78 is 29.0. The first-order valence-electron chi connectivity index (χ1n) is 12.8. The zero-order chi connectivity index (χ0) is 26.4. The SMILES string of the molecule is COc1ccc2c(c1)C[C@H](N(C)CCCC[AsH]C(=O)c1ccc(-c3ccc(S(C)(=O)=O)cc3)cc1)CC2. The molecular formula is C30H36AsNO4S. The predicted octanol–water partition coefficient (Wildman–Crippen LogP) is 5.03. The van der Waals surface area contributed by atoms with Crippen LogP contribution < -0.4 is 4.74 Å². The summed E-state index contributed by atoms with van der Waals surface area (Å²) in [6.45, 7) is 1.07. The van der Waals surface area contributed by atoms with Gasteiger partial charge in [-0.2, -0.15) is 0 Å². The molecule has 3 aromatic carbocycles. The van der Waals surface area contributed by atoms with Crippen LogP contribution >= 0.6 is 0 Å². The number of hydrogen-bond donors (Lipinski definition) is 0. The Morgan fingerprint density at radius 3 is 2.30 bits per heavy atom. The summed E-state index contributed by atoms with van der Waals surface area (Å²) in [6, 6.07) is 21.6. The molecule has 0 bridgehead atoms. The van der Waals surface area contributed by atoms with Gasteiger partial charge in [0.05, 0.1) is 0 Å². The van der Waals surface area contributed by atoms with Crippen LogP contribution in [0.3, 0.4) is 0 Å². The van der Waals surface area contributed by atoms with Crippen molar-refractivity contribution in [1.82, 2.24) is 4.90 Å². The van der Waals surface area contributed by atoms with Gasteiger partial charge in [-0.05, 0) is 0 Å². The van der Waals surface area contributed by atoms with Crippen LogP contribution in [0.4, 0.5) is 0 Å². The summed E-state index contributed by atoms with van der Waals surface area (Å²) >= 11 is -0.674. The maximum atomic E-state index is 12.7. The first-order chi connectivity index (χ1) is 17.7. The van der Waals surface area contributed by atoms with Crippen molar-refractivity contribution in [3.63, 3.8) is 0 Å². The number of likely N-dealkylation sites (N-methyl/N-ethyl adjacent to an activating group) is 1. The molecule has 0 N–H and O–H groups in total. The molecule has 0 fully saturated rings. The molecule has 5 nitrogen and oxygen atoms in total. The van der Waals surface area contributed by atoms with E-state index < -0.39 is 25.6 Å². The van der Waals surface area contributed by atoms with Crippen LogP contribution in [-0.4, -0.2) is 66.6 Å². The van der Waals surface area contributed by atoms with E-state index in [0.29, 0.717) is 15.5 Å². The number of methoxy groups -OCH3 is 1. The quantitative estimate of drug-likeness (QED) is 0.235. The number of aryl methyl sites for hydroxylation is 1. The summed E-state index contributed by atoms with van der Waals surface area (Å²) in [7, 11) is 0.749. The molecule has 1 aliphatic rings. The topological polar surface area (TPSA) is 63.7 Å². The number of carbonyl (C=O) groups excluding carboxylic acids is 1. The first kappa shape index (κ1) is 27.6. The molecule has 0 amide bonds. The van der Waals surface area contributed by atoms with Crippen molar-refractivity contribution in [3.05, 3.63) is 83.4 Å². The second-order valence-electron chi connectivity index (χ2n) is 9.85. The normalized spacial score (nSPS) is 15.7. The van der Waals surface area contributed by atoms with Crippen molar-refractivity contribution >= 4 is 30.2 Å². The molecule has 0 aromatic heterocycles. The fourth-order valence-corrected chi connectivity index (χ4v) is 7.68. The molecule has 4 rings (SSSR count). The van der Waals surface area contributed by atoms with Gasteiger partial charge in [0.25, 0.3) is 0 Å². The zero-order valence-corrected chi connectivity index (χ0v) is 24.8. The van der Waals surface area contributed by atoms with Gasteiger partial charge in [0.15, 0.2) is 0 Å². The van der Waals surface area contributed by atoms with Gasteiger partial charge in [-0.25, -0.2) is 0 Å². The van der Waals surface area contributed by atoms with Crippen molar-refractivity contribution in [2.75, 3.05) is 27.0 Å². The van der Waals surface area contributed by atoms with E-state index in [-0.39, 0.29) is 0 Å². The minimum atomic E-state index is -3.20. The summed E-state index contributed by atoms with van der Waals surface area (Å²) in [5, 5.41) is 1.02. The van der Waals surface area contributed by atoms with E-state index in [0.717, 1.165) is 59.9 Å². The number of carbonyl (C=O) groups is 1. The van der Waals surface area contributed by atoms with E-state index in [1.165, 1.54) is 23.8 Å². The van der Waals surface area contributed by atoms with Crippen LogP contribution in [0.5, 0.6) is 5.75 Å². The Balaban J connectivity index is 1.19. The van der Waals surface area contributed by atoms with Crippen molar-refractivity contribution < 1.29 is 17.9 Å². The molecule has 0 radical (unpaired) electrons. The number of hydrogen-bond acceptors (Lipinski definition) is 5. The molecule has 0 saturated heterocycles. The molecule has 1 unspecified atom stereocenters. The van der Waals surface area contributed by atoms with Crippen molar-refractivity contribution in [2.45, 2.75) is 48.2 Å². The van der Waals surface area contributed by atoms with Crippen molar-refractivity contribution in [1.29, 1.82) is 0 Å². The Morgan fingerprint density at radius 2 is 1.65 bits per heavy atom. The van der Waals surface area contributed by atoms with Gasteiger partial charge in [-0.3, -0.25) is 0 Å². The summed E-state index contributed by atoms with van der Waals surface area (Å²) in [6.07, 6.45) is 6.82. The van der Waals surface area contributed by atoms with Crippen molar-refractivity contribution in [3.8, 4) is 16.9 Å². The van der Waals surface area contributed by atoms with Gasteiger partial charge >= 0.3 is 229 Å². The number of ether oxygens (including phenoxy) is 1. The van der Waals surface area contributed by atoms with E-state index in [4.69, 9.17) is 4.74 Å². The molecule has 196 valence electrons. The first-order valence-corrected chi connectivity index (χ1v) is 17.2. The molecule has 0 aliphatic heterocycles. The second kappa shape index (κ2) is 12.4. The molecule has 37 heavy (non-hydrogen) atoms. The Labute approximate surface area is 227 Å². The van der Waals surface area contributed by atoms with Gasteiger partial charge in [0.2, 0.25) is 0 Å². The number of nitrogens with zero attached hydrogens (tertiary/aromatic N) is 1. The summed E-state index contributed by atoms with van der Waals surface area (Å²) in [5.74, 6) is 0.939. The van der Waals surface area contributed by atoms with E-state index in [2.05, 4.69) is 30.1 Å². The molecule has 7 heteroatoms. The Morgan fingerprint density at radius 1 is 0.973 bits per heavy atom. The van der Waals surface area contributed by atoms with Gasteiger partial charge < -0.3 is 0 Å². The minimum absolute atomic E-state index is 0.296. The molecule has 0 spiro atoms. The summed E-state index contributed by atoms with van der Waals surface area (Å²) in [5.41, 5.74) is 5.56. The number of sulfone groups is 1. The number of unbranched alkanes of at least 4 members (excludes halogenated alkanes) is 1. The van der Waals surface area contributed by atoms with Crippen LogP contribution in [0.2, 0.25) is 5.21 Å². The third-order valence-electron chi connectivity index (χ3n) is 7.23. The Hall–Kier alpha value is -2.40. The third-order valence-corrected chi connectivity index (χ3v) is 10.9. The van der Waals surface area contributed by atoms with Crippen LogP contribution in [0, 0.1) is 0 Å². The van der Waals surface area contributed by atoms with Crippen LogP contribution in [-0.2, 0) is 22.7 Å². The standard InChI is InChI=1S/C30H36AsNO4S/c1-32(27-14-10-24-11-15-28(36-2)21-26(24)20-27)19-5-4-18-31-30(33)25-8-6-22(7-9-25)23-12-16-29(17-13-23)37(3,34)35/h6-9,11-13,15-17,21,27,31H,4-5,10,14,18-20H2,1-3H3/t27-/m1/s1. The predicted molar refractivity (Wildman–Crippen MR) is 152 cm³/mol. The van der Waals surface area contributed by atoms with Crippen molar-refractivity contribution in [2.24, 2.45) is 0 Å². The van der Waals surface area contributed by atoms with E-state index in [1.807, 2.05) is 24.3 Å². The monoisotopic (exact) mass is 581 g/mol. The molecule has 2 atom stereocenters. The zero-order valence-electron chi connectivity index (χ0n) is 21.9. The second-order valence-corrected chi connectivity index (χ2v) is 14.6. The average Bonchev–Trinajstić information content (AvgIpc) is 2.91. The van der Waals surface area contributed by atoms with Gasteiger partial charge in [-0.15, -0.1) is 0 Å². The van der Waals surface area contributed by atoms with E-state index in [9.17, 15) is 13.2 Å². The molecule has 0 saturated carbocycles. The van der Waals surface area contributed by atoms with E-state index in [1.54, 1.807) is 31.4 Å². The number of benzene rings is 3. The van der Waals surface area contributed by atoms with Crippen LogP contribution in [0.15, 0.2) is 71.6 Å². The Bertz CT molecular complexity index is 1320. The van der Waals surface area contributed by atoms with Gasteiger partial charge in [0, 0.05) is 0 Å². The number of rotatable bonds is 11. The Kier molecular flexibility index (Phi) is 9.28.